The van der Waals surface area contributed by atoms with Crippen LogP contribution in [0, 0.1) is 11.6 Å². The molecule has 1 aliphatic heterocycles. The molecule has 1 atom stereocenters. The Bertz CT molecular complexity index is 933. The molecule has 0 spiro atoms. The lowest BCUT2D eigenvalue weighted by molar-refractivity contribution is 0.0873. The van der Waals surface area contributed by atoms with E-state index in [-0.39, 0.29) is 23.0 Å². The van der Waals surface area contributed by atoms with Crippen LogP contribution in [0.3, 0.4) is 0 Å². The van der Waals surface area contributed by atoms with E-state index in [4.69, 9.17) is 0 Å². The third kappa shape index (κ3) is 2.76. The minimum atomic E-state index is -1.04. The summed E-state index contributed by atoms with van der Waals surface area (Å²) >= 11 is 0. The Morgan fingerprint density at radius 1 is 0.923 bits per heavy atom. The van der Waals surface area contributed by atoms with Crippen LogP contribution in [0.5, 0.6) is 0 Å². The highest BCUT2D eigenvalue weighted by atomic mass is 19.2. The van der Waals surface area contributed by atoms with Crippen molar-refractivity contribution in [2.75, 3.05) is 13.1 Å². The van der Waals surface area contributed by atoms with Crippen molar-refractivity contribution >= 4 is 23.0 Å². The smallest absolute Gasteiger partial charge is 0.210 e. The van der Waals surface area contributed by atoms with Crippen LogP contribution in [0.1, 0.15) is 33.6 Å². The Morgan fingerprint density at radius 3 is 2.31 bits per heavy atom. The zero-order valence-electron chi connectivity index (χ0n) is 13.9. The molecule has 132 valence electrons. The normalized spacial score (nSPS) is 22.1. The Labute approximate surface area is 149 Å². The molecule has 1 unspecified atom stereocenters. The zero-order valence-corrected chi connectivity index (χ0v) is 13.9. The third-order valence-electron chi connectivity index (χ3n) is 4.84. The SMILES string of the molecule is O=C1C(=Nc2ccc(F)c(F)c2)C(N2CCCC2)C(=O)c2ccccc21. The van der Waals surface area contributed by atoms with E-state index in [0.717, 1.165) is 25.0 Å². The van der Waals surface area contributed by atoms with E-state index in [9.17, 15) is 18.4 Å². The quantitative estimate of drug-likeness (QED) is 0.828. The Morgan fingerprint density at radius 2 is 1.62 bits per heavy atom. The predicted molar refractivity (Wildman–Crippen MR) is 93.2 cm³/mol. The highest BCUT2D eigenvalue weighted by molar-refractivity contribution is 6.55. The molecule has 2 aromatic rings. The van der Waals surface area contributed by atoms with E-state index in [1.165, 1.54) is 6.07 Å². The average molecular weight is 354 g/mol. The molecular formula is C20H16F2N2O2. The van der Waals surface area contributed by atoms with Gasteiger partial charge in [0.2, 0.25) is 5.78 Å². The fourth-order valence-corrected chi connectivity index (χ4v) is 3.57. The van der Waals surface area contributed by atoms with E-state index in [1.54, 1.807) is 24.3 Å². The van der Waals surface area contributed by atoms with Crippen LogP contribution in [-0.2, 0) is 0 Å². The van der Waals surface area contributed by atoms with Crippen molar-refractivity contribution in [2.45, 2.75) is 18.9 Å². The molecule has 2 aliphatic rings. The number of Topliss-reactive ketones (excluding diaryl/α,β-unsaturated/α-hetero) is 2. The molecule has 0 saturated carbocycles. The summed E-state index contributed by atoms with van der Waals surface area (Å²) in [6, 6.07) is 9.06. The zero-order chi connectivity index (χ0) is 18.3. The van der Waals surface area contributed by atoms with Gasteiger partial charge in [-0.05, 0) is 38.1 Å². The summed E-state index contributed by atoms with van der Waals surface area (Å²) in [5.74, 6) is -2.55. The lowest BCUT2D eigenvalue weighted by Gasteiger charge is -2.31. The van der Waals surface area contributed by atoms with Gasteiger partial charge in [0.25, 0.3) is 0 Å². The number of ketones is 2. The number of benzene rings is 2. The number of likely N-dealkylation sites (tertiary alicyclic amines) is 1. The maximum atomic E-state index is 13.5. The minimum absolute atomic E-state index is 0.0709. The Kier molecular flexibility index (Phi) is 4.20. The molecule has 4 nitrogen and oxygen atoms in total. The molecule has 0 bridgehead atoms. The van der Waals surface area contributed by atoms with Gasteiger partial charge >= 0.3 is 0 Å². The predicted octanol–water partition coefficient (Wildman–Crippen LogP) is 3.58. The first-order chi connectivity index (χ1) is 12.6. The fraction of sp³-hybridized carbons (Fsp3) is 0.250. The number of carbonyl (C=O) groups is 2. The number of halogens is 2. The molecule has 0 amide bonds. The molecule has 2 aromatic carbocycles. The van der Waals surface area contributed by atoms with Crippen LogP contribution < -0.4 is 0 Å². The van der Waals surface area contributed by atoms with Crippen molar-refractivity contribution in [1.82, 2.24) is 4.90 Å². The van der Waals surface area contributed by atoms with E-state index >= 15 is 0 Å². The molecule has 4 rings (SSSR count). The van der Waals surface area contributed by atoms with Gasteiger partial charge in [0.05, 0.1) is 5.69 Å². The average Bonchev–Trinajstić information content (AvgIpc) is 3.17. The summed E-state index contributed by atoms with van der Waals surface area (Å²) in [6.45, 7) is 1.39. The Hall–Kier alpha value is -2.73. The number of nitrogens with zero attached hydrogens (tertiary/aromatic N) is 2. The first kappa shape index (κ1) is 16.7. The second-order valence-corrected chi connectivity index (χ2v) is 6.48. The second kappa shape index (κ2) is 6.53. The first-order valence-corrected chi connectivity index (χ1v) is 8.52. The fourth-order valence-electron chi connectivity index (χ4n) is 3.57. The van der Waals surface area contributed by atoms with Crippen LogP contribution >= 0.6 is 0 Å². The van der Waals surface area contributed by atoms with Crippen molar-refractivity contribution in [3.63, 3.8) is 0 Å². The highest BCUT2D eigenvalue weighted by Gasteiger charge is 2.42. The van der Waals surface area contributed by atoms with Crippen molar-refractivity contribution in [3.05, 3.63) is 65.2 Å². The van der Waals surface area contributed by atoms with Crippen LogP contribution in [-0.4, -0.2) is 41.3 Å². The summed E-state index contributed by atoms with van der Waals surface area (Å²) in [4.78, 5) is 32.3. The second-order valence-electron chi connectivity index (χ2n) is 6.48. The van der Waals surface area contributed by atoms with Crippen molar-refractivity contribution in [3.8, 4) is 0 Å². The van der Waals surface area contributed by atoms with Gasteiger partial charge < -0.3 is 0 Å². The van der Waals surface area contributed by atoms with E-state index < -0.39 is 17.7 Å². The van der Waals surface area contributed by atoms with Gasteiger partial charge in [-0.15, -0.1) is 0 Å². The van der Waals surface area contributed by atoms with Gasteiger partial charge in [-0.2, -0.15) is 0 Å². The number of fused-ring (bicyclic) bond motifs is 1. The van der Waals surface area contributed by atoms with Crippen molar-refractivity contribution < 1.29 is 18.4 Å². The van der Waals surface area contributed by atoms with Crippen molar-refractivity contribution in [2.24, 2.45) is 4.99 Å². The largest absolute Gasteiger partial charge is 0.292 e. The summed E-state index contributed by atoms with van der Waals surface area (Å²) in [5.41, 5.74) is 0.873. The summed E-state index contributed by atoms with van der Waals surface area (Å²) in [7, 11) is 0. The standard InChI is InChI=1S/C20H16F2N2O2/c21-15-8-7-12(11-16(15)22)23-17-18(24-9-3-4-10-24)20(26)14-6-2-1-5-13(14)19(17)25/h1-2,5-8,11,18H,3-4,9-10H2. The van der Waals surface area contributed by atoms with Gasteiger partial charge in [-0.1, -0.05) is 24.3 Å². The van der Waals surface area contributed by atoms with E-state index in [2.05, 4.69) is 4.99 Å². The number of rotatable bonds is 2. The monoisotopic (exact) mass is 354 g/mol. The van der Waals surface area contributed by atoms with E-state index in [0.29, 0.717) is 24.2 Å². The number of aliphatic imine (C=N–C) groups is 1. The molecule has 0 radical (unpaired) electrons. The molecule has 1 aliphatic carbocycles. The molecule has 1 fully saturated rings. The molecule has 1 heterocycles. The molecular weight excluding hydrogens is 338 g/mol. The van der Waals surface area contributed by atoms with E-state index in [1.807, 2.05) is 4.90 Å². The van der Waals surface area contributed by atoms with Crippen molar-refractivity contribution in [1.29, 1.82) is 0 Å². The Balaban J connectivity index is 1.86. The van der Waals surface area contributed by atoms with Gasteiger partial charge in [0, 0.05) is 17.2 Å². The maximum Gasteiger partial charge on any atom is 0.210 e. The summed E-state index contributed by atoms with van der Waals surface area (Å²) in [5, 5.41) is 0. The lowest BCUT2D eigenvalue weighted by atomic mass is 9.83. The topological polar surface area (TPSA) is 49.7 Å². The van der Waals surface area contributed by atoms with Gasteiger partial charge in [-0.25, -0.2) is 13.8 Å². The molecule has 6 heteroatoms. The molecule has 1 saturated heterocycles. The number of hydrogen-bond acceptors (Lipinski definition) is 4. The highest BCUT2D eigenvalue weighted by Crippen LogP contribution is 2.28. The third-order valence-corrected chi connectivity index (χ3v) is 4.84. The first-order valence-electron chi connectivity index (χ1n) is 8.52. The van der Waals surface area contributed by atoms with Crippen LogP contribution in [0.15, 0.2) is 47.5 Å². The molecule has 0 aromatic heterocycles. The summed E-state index contributed by atoms with van der Waals surface area (Å²) < 4.78 is 26.7. The van der Waals surface area contributed by atoms with Gasteiger partial charge in [-0.3, -0.25) is 14.5 Å². The molecule has 26 heavy (non-hydrogen) atoms. The number of hydrogen-bond donors (Lipinski definition) is 0. The minimum Gasteiger partial charge on any atom is -0.292 e. The number of carbonyl (C=O) groups excluding carboxylic acids is 2. The maximum absolute atomic E-state index is 13.5. The van der Waals surface area contributed by atoms with Crippen LogP contribution in [0.4, 0.5) is 14.5 Å². The van der Waals surface area contributed by atoms with Crippen LogP contribution in [0.2, 0.25) is 0 Å². The van der Waals surface area contributed by atoms with Gasteiger partial charge in [0.1, 0.15) is 11.8 Å². The van der Waals surface area contributed by atoms with Gasteiger partial charge in [0.15, 0.2) is 17.4 Å². The summed E-state index contributed by atoms with van der Waals surface area (Å²) in [6.07, 6.45) is 1.89. The lowest BCUT2D eigenvalue weighted by Crippen LogP contribution is -2.51. The van der Waals surface area contributed by atoms with Crippen LogP contribution in [0.25, 0.3) is 0 Å². The molecule has 0 N–H and O–H groups in total.